The van der Waals surface area contributed by atoms with Crippen molar-refractivity contribution >= 4 is 37.2 Å². The number of rotatable bonds is 14. The molecule has 8 nitrogen and oxygen atoms in total. The average Bonchev–Trinajstić information content (AvgIpc) is 3.68. The quantitative estimate of drug-likeness (QED) is 0.129. The van der Waals surface area contributed by atoms with Crippen LogP contribution in [0.25, 0.3) is 0 Å². The highest BCUT2D eigenvalue weighted by Crippen LogP contribution is 2.49. The predicted octanol–water partition coefficient (Wildman–Crippen LogP) is 9.30. The third-order valence-corrected chi connectivity index (χ3v) is 13.1. The zero-order chi connectivity index (χ0) is 38.9. The lowest BCUT2D eigenvalue weighted by molar-refractivity contribution is 0.466. The van der Waals surface area contributed by atoms with Crippen LogP contribution >= 0.6 is 0 Å². The van der Waals surface area contributed by atoms with Crippen molar-refractivity contribution in [1.29, 1.82) is 0 Å². The second kappa shape index (κ2) is 15.6. The average molecular weight is 770 g/mol. The molecule has 0 radical (unpaired) electrons. The smallest absolute Gasteiger partial charge is 0.264 e. The summed E-state index contributed by atoms with van der Waals surface area (Å²) in [4.78, 5) is 4.76. The number of nitrogens with zero attached hydrogens (tertiary/aromatic N) is 3. The molecule has 288 valence electrons. The highest BCUT2D eigenvalue weighted by molar-refractivity contribution is 7.92. The Kier molecular flexibility index (Phi) is 11.4. The molecule has 0 fully saturated rings. The molecule has 2 heterocycles. The summed E-state index contributed by atoms with van der Waals surface area (Å²) >= 11 is 0. The molecule has 0 saturated carbocycles. The van der Waals surface area contributed by atoms with Gasteiger partial charge in [-0.05, 0) is 84.7 Å². The van der Waals surface area contributed by atoms with Gasteiger partial charge in [0.1, 0.15) is 0 Å². The minimum Gasteiger partial charge on any atom is -0.364 e. The molecule has 2 aliphatic heterocycles. The van der Waals surface area contributed by atoms with E-state index in [1.165, 1.54) is 33.1 Å². The summed E-state index contributed by atoms with van der Waals surface area (Å²) in [5, 5.41) is 0. The normalized spacial score (nSPS) is 20.8. The fourth-order valence-corrected chi connectivity index (χ4v) is 10.2. The largest absolute Gasteiger partial charge is 0.364 e. The van der Waals surface area contributed by atoms with E-state index >= 15 is 0 Å². The molecule has 1 N–H and O–H groups in total. The first-order chi connectivity index (χ1) is 25.6. The summed E-state index contributed by atoms with van der Waals surface area (Å²) in [6, 6.07) is 26.2. The Hall–Kier alpha value is -4.12. The number of para-hydroxylation sites is 3. The molecule has 6 rings (SSSR count). The Morgan fingerprint density at radius 1 is 0.796 bits per heavy atom. The van der Waals surface area contributed by atoms with Crippen LogP contribution in [0, 0.1) is 0 Å². The Balaban J connectivity index is 1.45. The third kappa shape index (κ3) is 7.97. The number of benzene rings is 3. The van der Waals surface area contributed by atoms with Crippen molar-refractivity contribution in [2.45, 2.75) is 90.0 Å². The van der Waals surface area contributed by atoms with Crippen molar-refractivity contribution in [2.75, 3.05) is 39.2 Å². The molecule has 3 aromatic rings. The molecular weight excluding hydrogens is 715 g/mol. The molecule has 1 aliphatic carbocycles. The van der Waals surface area contributed by atoms with Gasteiger partial charge in [0.2, 0.25) is 10.0 Å². The van der Waals surface area contributed by atoms with Crippen molar-refractivity contribution in [1.82, 2.24) is 0 Å². The monoisotopic (exact) mass is 769 g/mol. The molecule has 0 aromatic heterocycles. The first-order valence-electron chi connectivity index (χ1n) is 19.1. The number of hydrogen-bond donors (Lipinski definition) is 1. The van der Waals surface area contributed by atoms with E-state index in [1.54, 1.807) is 0 Å². The summed E-state index contributed by atoms with van der Waals surface area (Å²) in [5.41, 5.74) is 8.73. The molecule has 10 heteroatoms. The minimum atomic E-state index is -4.04. The van der Waals surface area contributed by atoms with Crippen molar-refractivity contribution < 1.29 is 21.4 Å². The lowest BCUT2D eigenvalue weighted by Crippen LogP contribution is -2.40. The molecule has 0 spiro atoms. The topological polar surface area (TPSA) is 98.2 Å². The molecule has 0 bridgehead atoms. The predicted molar refractivity (Wildman–Crippen MR) is 223 cm³/mol. The molecule has 0 amide bonds. The van der Waals surface area contributed by atoms with Gasteiger partial charge in [-0.3, -0.25) is 4.55 Å². The van der Waals surface area contributed by atoms with Crippen molar-refractivity contribution in [3.8, 4) is 0 Å². The third-order valence-electron chi connectivity index (χ3n) is 11.3. The van der Waals surface area contributed by atoms with E-state index in [-0.39, 0.29) is 22.6 Å². The zero-order valence-corrected chi connectivity index (χ0v) is 34.1. The summed E-state index contributed by atoms with van der Waals surface area (Å²) in [5.74, 6) is -0.269. The van der Waals surface area contributed by atoms with Crippen LogP contribution in [0.4, 0.5) is 17.1 Å². The number of allylic oxidation sites excluding steroid dienone is 6. The van der Waals surface area contributed by atoms with Crippen LogP contribution in [0.5, 0.6) is 0 Å². The summed E-state index contributed by atoms with van der Waals surface area (Å²) in [7, 11) is -7.78. The number of hydrogen-bond acceptors (Lipinski definition) is 6. The van der Waals surface area contributed by atoms with Crippen LogP contribution in [0.1, 0.15) is 84.3 Å². The van der Waals surface area contributed by atoms with Gasteiger partial charge in [-0.15, -0.1) is 0 Å². The fourth-order valence-electron chi connectivity index (χ4n) is 8.57. The van der Waals surface area contributed by atoms with Gasteiger partial charge >= 0.3 is 0 Å². The van der Waals surface area contributed by atoms with Gasteiger partial charge in [0, 0.05) is 41.0 Å². The second-order valence-electron chi connectivity index (χ2n) is 15.9. The highest BCUT2D eigenvalue weighted by atomic mass is 32.2. The first-order valence-corrected chi connectivity index (χ1v) is 22.6. The van der Waals surface area contributed by atoms with Crippen molar-refractivity contribution in [3.63, 3.8) is 0 Å². The van der Waals surface area contributed by atoms with Crippen LogP contribution in [0.15, 0.2) is 126 Å². The molecule has 3 aliphatic rings. The van der Waals surface area contributed by atoms with E-state index < -0.39 is 20.1 Å². The lowest BCUT2D eigenvalue weighted by Gasteiger charge is -2.33. The van der Waals surface area contributed by atoms with E-state index in [4.69, 9.17) is 0 Å². The van der Waals surface area contributed by atoms with Gasteiger partial charge in [-0.25, -0.2) is 12.7 Å². The van der Waals surface area contributed by atoms with Gasteiger partial charge in [0.15, 0.2) is 0 Å². The maximum atomic E-state index is 13.8. The van der Waals surface area contributed by atoms with E-state index in [9.17, 15) is 21.4 Å². The molecule has 3 aromatic carbocycles. The summed E-state index contributed by atoms with van der Waals surface area (Å²) < 4.78 is 61.4. The van der Waals surface area contributed by atoms with Crippen LogP contribution in [0.3, 0.4) is 0 Å². The van der Waals surface area contributed by atoms with E-state index in [0.29, 0.717) is 43.6 Å². The Labute approximate surface area is 323 Å². The van der Waals surface area contributed by atoms with Gasteiger partial charge in [-0.1, -0.05) is 114 Å². The Morgan fingerprint density at radius 3 is 2.11 bits per heavy atom. The van der Waals surface area contributed by atoms with E-state index in [2.05, 4.69) is 105 Å². The number of unbranched alkanes of at least 4 members (excludes halogenated alkanes) is 2. The van der Waals surface area contributed by atoms with E-state index in [0.717, 1.165) is 36.2 Å². The fraction of sp³-hybridized carbons (Fsp3) is 0.409. The highest BCUT2D eigenvalue weighted by Gasteiger charge is 2.43. The molecule has 1 unspecified atom stereocenters. The second-order valence-corrected chi connectivity index (χ2v) is 19.3. The lowest BCUT2D eigenvalue weighted by atomic mass is 9.80. The summed E-state index contributed by atoms with van der Waals surface area (Å²) in [6.07, 6.45) is 14.4. The molecular formula is C44H55N3O5S2. The van der Waals surface area contributed by atoms with Crippen molar-refractivity contribution in [2.24, 2.45) is 0 Å². The van der Waals surface area contributed by atoms with Gasteiger partial charge in [0.05, 0.1) is 29.4 Å². The number of fused-ring (bicyclic) bond motifs is 2. The Bertz CT molecular complexity index is 2200. The van der Waals surface area contributed by atoms with Gasteiger partial charge < -0.3 is 9.80 Å². The molecule has 0 saturated heterocycles. The maximum absolute atomic E-state index is 13.8. The summed E-state index contributed by atoms with van der Waals surface area (Å²) in [6.45, 7) is 12.7. The molecule has 1 atom stereocenters. The number of anilines is 3. The number of sulfonamides is 1. The van der Waals surface area contributed by atoms with Crippen LogP contribution in [-0.2, 0) is 31.0 Å². The maximum Gasteiger partial charge on any atom is 0.264 e. The molecule has 54 heavy (non-hydrogen) atoms. The van der Waals surface area contributed by atoms with Crippen LogP contribution < -0.4 is 14.1 Å². The van der Waals surface area contributed by atoms with Crippen LogP contribution in [-0.4, -0.2) is 52.5 Å². The van der Waals surface area contributed by atoms with Crippen molar-refractivity contribution in [3.05, 3.63) is 137 Å². The minimum absolute atomic E-state index is 0.0714. The van der Waals surface area contributed by atoms with E-state index in [1.807, 2.05) is 42.5 Å². The van der Waals surface area contributed by atoms with Crippen LogP contribution in [0.2, 0.25) is 0 Å². The Morgan fingerprint density at radius 2 is 1.44 bits per heavy atom. The zero-order valence-electron chi connectivity index (χ0n) is 32.5. The standard InChI is InChI=1S/C44H55N3O5S2/c1-7-8-30-45-38-22-14-12-20-36(38)43(2,3)40(45)28-26-33-24-25-34(42(33)47(53(6,48)49)35-18-10-9-11-19-35)27-29-41-44(4,5)37-21-13-15-23-39(37)46(41)31-16-17-32-54(50,51)52/h9-15,18-23,26-29,41H,7-8,16-17,24-25,30-32H2,1-6H3,(H,50,51,52)/b29-27+,33-26+,40-28+. The SMILES string of the molecule is CCCCN1/C(=C/C=C2\CCC(/C=C/C3N(CCCCS(=O)(=O)O)c4ccccc4C3(C)C)=C2N(c2ccccc2)S(C)(=O)=O)C(C)(C)c2ccccc21. The first kappa shape index (κ1) is 39.6. The van der Waals surface area contributed by atoms with Gasteiger partial charge in [-0.2, -0.15) is 8.42 Å². The van der Waals surface area contributed by atoms with Gasteiger partial charge in [0.25, 0.3) is 10.1 Å².